The molecule has 4 aliphatic rings. The van der Waals surface area contributed by atoms with E-state index in [1.165, 1.54) is 37.0 Å². The van der Waals surface area contributed by atoms with Crippen LogP contribution >= 0.6 is 0 Å². The van der Waals surface area contributed by atoms with Crippen molar-refractivity contribution in [3.8, 4) is 0 Å². The zero-order valence-electron chi connectivity index (χ0n) is 15.8. The highest BCUT2D eigenvalue weighted by molar-refractivity contribution is 5.95. The van der Waals surface area contributed by atoms with Crippen LogP contribution < -0.4 is 0 Å². The molecule has 2 saturated carbocycles. The molecule has 4 heteroatoms. The number of nitrogens with zero attached hydrogens (tertiary/aromatic N) is 1. The van der Waals surface area contributed by atoms with Crippen LogP contribution in [0.15, 0.2) is 11.8 Å². The molecule has 2 amide bonds. The molecule has 0 spiro atoms. The minimum Gasteiger partial charge on any atom is -0.443 e. The third-order valence-electron chi connectivity index (χ3n) is 6.94. The molecule has 3 fully saturated rings. The highest BCUT2D eigenvalue weighted by atomic mass is 16.6. The molecular weight excluding hydrogens is 314 g/mol. The molecule has 0 N–H and O–H groups in total. The van der Waals surface area contributed by atoms with Crippen LogP contribution in [0, 0.1) is 29.6 Å². The summed E-state index contributed by atoms with van der Waals surface area (Å²) in [5.74, 6) is 3.50. The Morgan fingerprint density at radius 1 is 1.08 bits per heavy atom. The lowest BCUT2D eigenvalue weighted by Crippen LogP contribution is -2.49. The first-order valence-corrected chi connectivity index (χ1v) is 10.1. The lowest BCUT2D eigenvalue weighted by atomic mass is 9.59. The Balaban J connectivity index is 1.60. The number of carbonyl (C=O) groups is 2. The summed E-state index contributed by atoms with van der Waals surface area (Å²) in [6.07, 6.45) is 10.9. The van der Waals surface area contributed by atoms with E-state index in [9.17, 15) is 9.59 Å². The van der Waals surface area contributed by atoms with E-state index in [2.05, 4.69) is 6.08 Å². The summed E-state index contributed by atoms with van der Waals surface area (Å²) < 4.78 is 5.53. The van der Waals surface area contributed by atoms with Gasteiger partial charge in [0.2, 0.25) is 5.91 Å². The van der Waals surface area contributed by atoms with Gasteiger partial charge in [-0.1, -0.05) is 18.9 Å². The number of allylic oxidation sites excluding steroid dienone is 2. The van der Waals surface area contributed by atoms with E-state index in [0.717, 1.165) is 36.3 Å². The number of imide groups is 1. The Morgan fingerprint density at radius 2 is 1.88 bits per heavy atom. The first-order chi connectivity index (χ1) is 11.8. The maximum Gasteiger partial charge on any atom is 0.421 e. The zero-order valence-corrected chi connectivity index (χ0v) is 15.8. The fourth-order valence-corrected chi connectivity index (χ4v) is 6.07. The van der Waals surface area contributed by atoms with Crippen molar-refractivity contribution in [3.63, 3.8) is 0 Å². The summed E-state index contributed by atoms with van der Waals surface area (Å²) in [6, 6.07) is 0. The second-order valence-electron chi connectivity index (χ2n) is 9.48. The number of likely N-dealkylation sites (tertiary alicyclic amines) is 1. The van der Waals surface area contributed by atoms with Crippen molar-refractivity contribution in [1.29, 1.82) is 0 Å². The predicted octanol–water partition coefficient (Wildman–Crippen LogP) is 4.89. The highest BCUT2D eigenvalue weighted by Gasteiger charge is 2.50. The molecule has 138 valence electrons. The molecule has 0 aromatic rings. The van der Waals surface area contributed by atoms with Gasteiger partial charge in [-0.05, 0) is 76.5 Å². The standard InChI is InChI=1S/C21H31NO3/c1-21(2,3)25-20(24)22-18-11-9-15-14-6-4-5-13(14)7-8-16(15)17(18)10-12-19(22)23/h11,13-17H,4-10,12H2,1-3H3. The van der Waals surface area contributed by atoms with Crippen molar-refractivity contribution in [2.24, 2.45) is 29.6 Å². The van der Waals surface area contributed by atoms with Gasteiger partial charge in [-0.15, -0.1) is 0 Å². The highest BCUT2D eigenvalue weighted by Crippen LogP contribution is 2.55. The maximum atomic E-state index is 12.7. The van der Waals surface area contributed by atoms with Crippen molar-refractivity contribution in [2.75, 3.05) is 0 Å². The summed E-state index contributed by atoms with van der Waals surface area (Å²) in [6.45, 7) is 5.55. The van der Waals surface area contributed by atoms with Crippen LogP contribution in [-0.2, 0) is 9.53 Å². The summed E-state index contributed by atoms with van der Waals surface area (Å²) in [7, 11) is 0. The number of ether oxygens (including phenoxy) is 1. The fraction of sp³-hybridized carbons (Fsp3) is 0.810. The molecule has 5 atom stereocenters. The van der Waals surface area contributed by atoms with E-state index >= 15 is 0 Å². The number of rotatable bonds is 0. The smallest absolute Gasteiger partial charge is 0.421 e. The molecule has 1 heterocycles. The van der Waals surface area contributed by atoms with Gasteiger partial charge < -0.3 is 4.74 Å². The van der Waals surface area contributed by atoms with Crippen molar-refractivity contribution >= 4 is 12.0 Å². The molecule has 0 aromatic heterocycles. The average molecular weight is 345 g/mol. The molecule has 0 aromatic carbocycles. The first-order valence-electron chi connectivity index (χ1n) is 10.1. The van der Waals surface area contributed by atoms with E-state index in [-0.39, 0.29) is 5.91 Å². The second kappa shape index (κ2) is 6.14. The lowest BCUT2D eigenvalue weighted by Gasteiger charge is -2.49. The van der Waals surface area contributed by atoms with Crippen molar-refractivity contribution in [1.82, 2.24) is 4.90 Å². The number of amides is 2. The molecule has 4 nitrogen and oxygen atoms in total. The number of piperidine rings is 1. The Kier molecular flexibility index (Phi) is 4.20. The van der Waals surface area contributed by atoms with Crippen LogP contribution in [0.1, 0.15) is 72.1 Å². The van der Waals surface area contributed by atoms with E-state index in [1.807, 2.05) is 20.8 Å². The zero-order chi connectivity index (χ0) is 17.8. The van der Waals surface area contributed by atoms with Crippen LogP contribution in [0.2, 0.25) is 0 Å². The summed E-state index contributed by atoms with van der Waals surface area (Å²) in [5, 5.41) is 0. The molecule has 3 aliphatic carbocycles. The minimum absolute atomic E-state index is 0.0928. The topological polar surface area (TPSA) is 46.6 Å². The summed E-state index contributed by atoms with van der Waals surface area (Å²) in [4.78, 5) is 26.5. The molecule has 1 saturated heterocycles. The average Bonchev–Trinajstić information content (AvgIpc) is 3.01. The van der Waals surface area contributed by atoms with Crippen LogP contribution in [0.4, 0.5) is 4.79 Å². The van der Waals surface area contributed by atoms with Gasteiger partial charge in [0.25, 0.3) is 0 Å². The minimum atomic E-state index is -0.579. The third-order valence-corrected chi connectivity index (χ3v) is 6.94. The van der Waals surface area contributed by atoms with E-state index < -0.39 is 11.7 Å². The first kappa shape index (κ1) is 17.1. The van der Waals surface area contributed by atoms with Crippen LogP contribution in [0.5, 0.6) is 0 Å². The molecule has 5 unspecified atom stereocenters. The molecule has 1 aliphatic heterocycles. The van der Waals surface area contributed by atoms with Crippen molar-refractivity contribution < 1.29 is 14.3 Å². The number of fused-ring (bicyclic) bond motifs is 5. The van der Waals surface area contributed by atoms with Crippen molar-refractivity contribution in [2.45, 2.75) is 77.7 Å². The number of carbonyl (C=O) groups excluding carboxylic acids is 2. The monoisotopic (exact) mass is 345 g/mol. The number of hydrogen-bond acceptors (Lipinski definition) is 3. The Morgan fingerprint density at radius 3 is 2.64 bits per heavy atom. The van der Waals surface area contributed by atoms with Gasteiger partial charge in [-0.25, -0.2) is 9.69 Å². The third kappa shape index (κ3) is 3.02. The fourth-order valence-electron chi connectivity index (χ4n) is 6.07. The van der Waals surface area contributed by atoms with E-state index in [0.29, 0.717) is 18.3 Å². The lowest BCUT2D eigenvalue weighted by molar-refractivity contribution is -0.132. The molecular formula is C21H31NO3. The SMILES string of the molecule is CC(C)(C)OC(=O)N1C(=O)CCC2C1=CCC1C3CCCC3CCC21. The number of hydrogen-bond donors (Lipinski definition) is 0. The largest absolute Gasteiger partial charge is 0.443 e. The summed E-state index contributed by atoms with van der Waals surface area (Å²) in [5.41, 5.74) is 0.368. The van der Waals surface area contributed by atoms with Gasteiger partial charge in [-0.2, -0.15) is 0 Å². The van der Waals surface area contributed by atoms with Gasteiger partial charge >= 0.3 is 6.09 Å². The molecule has 4 rings (SSSR count). The Hall–Kier alpha value is -1.32. The van der Waals surface area contributed by atoms with Crippen molar-refractivity contribution in [3.05, 3.63) is 11.8 Å². The van der Waals surface area contributed by atoms with Crippen LogP contribution in [0.3, 0.4) is 0 Å². The normalized spacial score (nSPS) is 37.7. The van der Waals surface area contributed by atoms with Gasteiger partial charge in [0, 0.05) is 18.0 Å². The van der Waals surface area contributed by atoms with E-state index in [4.69, 9.17) is 4.74 Å². The van der Waals surface area contributed by atoms with Crippen LogP contribution in [-0.4, -0.2) is 22.5 Å². The Labute approximate surface area is 151 Å². The van der Waals surface area contributed by atoms with Gasteiger partial charge in [0.05, 0.1) is 0 Å². The Bertz CT molecular complexity index is 603. The van der Waals surface area contributed by atoms with Gasteiger partial charge in [0.1, 0.15) is 5.60 Å². The van der Waals surface area contributed by atoms with Gasteiger partial charge in [0.15, 0.2) is 0 Å². The summed E-state index contributed by atoms with van der Waals surface area (Å²) >= 11 is 0. The maximum absolute atomic E-state index is 12.7. The van der Waals surface area contributed by atoms with Crippen LogP contribution in [0.25, 0.3) is 0 Å². The quantitative estimate of drug-likeness (QED) is 0.628. The molecule has 0 bridgehead atoms. The second-order valence-corrected chi connectivity index (χ2v) is 9.48. The van der Waals surface area contributed by atoms with Gasteiger partial charge in [-0.3, -0.25) is 4.79 Å². The predicted molar refractivity (Wildman–Crippen MR) is 95.5 cm³/mol. The molecule has 25 heavy (non-hydrogen) atoms. The molecule has 0 radical (unpaired) electrons. The van der Waals surface area contributed by atoms with E-state index in [1.54, 1.807) is 0 Å².